The van der Waals surface area contributed by atoms with Crippen LogP contribution in [0.15, 0.2) is 62.2 Å². The van der Waals surface area contributed by atoms with Gasteiger partial charge in [0.05, 0.1) is 5.69 Å². The standard InChI is InChI=1S/C19H18BrNO5/c1-3-7-16(22)25-17-11-14(15-10-12(2)18(20)19(23)24-15)21(26-17)13-8-5-4-6-9-13/h3-10,14,17H,11H2,1-2H3/b7-3+/t14-,17?/m1/s1. The number of hydrogen-bond donors (Lipinski definition) is 0. The van der Waals surface area contributed by atoms with Crippen molar-refractivity contribution in [2.75, 3.05) is 5.06 Å². The van der Waals surface area contributed by atoms with Crippen LogP contribution in [0.5, 0.6) is 0 Å². The van der Waals surface area contributed by atoms with E-state index in [0.29, 0.717) is 16.7 Å². The Kier molecular flexibility index (Phi) is 5.58. The van der Waals surface area contributed by atoms with Crippen LogP contribution >= 0.6 is 15.9 Å². The highest BCUT2D eigenvalue weighted by Crippen LogP contribution is 2.38. The number of anilines is 1. The molecule has 7 heteroatoms. The quantitative estimate of drug-likeness (QED) is 0.550. The third-order valence-corrected chi connectivity index (χ3v) is 4.86. The first-order chi connectivity index (χ1) is 12.5. The second-order valence-corrected chi connectivity index (χ2v) is 6.61. The number of allylic oxidation sites excluding steroid dienone is 1. The van der Waals surface area contributed by atoms with Gasteiger partial charge < -0.3 is 9.15 Å². The Bertz CT molecular complexity index is 877. The summed E-state index contributed by atoms with van der Waals surface area (Å²) in [7, 11) is 0. The third kappa shape index (κ3) is 3.89. The topological polar surface area (TPSA) is 69.0 Å². The zero-order valence-corrected chi connectivity index (χ0v) is 15.9. The summed E-state index contributed by atoms with van der Waals surface area (Å²) in [6.45, 7) is 3.55. The number of hydroxylamine groups is 1. The highest BCUT2D eigenvalue weighted by Gasteiger charge is 2.39. The van der Waals surface area contributed by atoms with Gasteiger partial charge in [0.1, 0.15) is 16.3 Å². The lowest BCUT2D eigenvalue weighted by Gasteiger charge is -2.23. The molecule has 0 saturated carbocycles. The molecule has 136 valence electrons. The predicted octanol–water partition coefficient (Wildman–Crippen LogP) is 4.04. The molecule has 6 nitrogen and oxygen atoms in total. The van der Waals surface area contributed by atoms with E-state index >= 15 is 0 Å². The number of halogens is 1. The third-order valence-electron chi connectivity index (χ3n) is 3.91. The SMILES string of the molecule is C/C=C/C(=O)OC1C[C@H](c2cc(C)c(Br)c(=O)o2)N(c2ccccc2)O1. The fraction of sp³-hybridized carbons (Fsp3) is 0.263. The monoisotopic (exact) mass is 419 g/mol. The molecule has 26 heavy (non-hydrogen) atoms. The Hall–Kier alpha value is -2.38. The summed E-state index contributed by atoms with van der Waals surface area (Å²) < 4.78 is 11.2. The van der Waals surface area contributed by atoms with Crippen LogP contribution in [-0.4, -0.2) is 12.3 Å². The Balaban J connectivity index is 1.94. The van der Waals surface area contributed by atoms with Crippen molar-refractivity contribution in [2.45, 2.75) is 32.6 Å². The van der Waals surface area contributed by atoms with Crippen LogP contribution in [0, 0.1) is 6.92 Å². The molecule has 0 N–H and O–H groups in total. The molecule has 0 spiro atoms. The number of rotatable bonds is 4. The minimum absolute atomic E-state index is 0.336. The van der Waals surface area contributed by atoms with E-state index in [1.165, 1.54) is 6.08 Å². The van der Waals surface area contributed by atoms with Gasteiger partial charge in [-0.3, -0.25) is 0 Å². The summed E-state index contributed by atoms with van der Waals surface area (Å²) in [6.07, 6.45) is 2.48. The molecule has 2 aromatic rings. The molecule has 1 unspecified atom stereocenters. The van der Waals surface area contributed by atoms with Crippen molar-refractivity contribution in [1.29, 1.82) is 0 Å². The maximum Gasteiger partial charge on any atom is 0.350 e. The van der Waals surface area contributed by atoms with Crippen LogP contribution in [0.1, 0.15) is 30.7 Å². The van der Waals surface area contributed by atoms with Crippen molar-refractivity contribution in [1.82, 2.24) is 0 Å². The summed E-state index contributed by atoms with van der Waals surface area (Å²) in [5, 5.41) is 1.61. The average molecular weight is 420 g/mol. The first-order valence-electron chi connectivity index (χ1n) is 8.14. The first kappa shape index (κ1) is 18.4. The molecule has 1 aromatic carbocycles. The van der Waals surface area contributed by atoms with E-state index in [1.807, 2.05) is 37.3 Å². The molecule has 2 heterocycles. The van der Waals surface area contributed by atoms with Gasteiger partial charge >= 0.3 is 11.6 Å². The Morgan fingerprint density at radius 1 is 1.35 bits per heavy atom. The number of aryl methyl sites for hydroxylation is 1. The minimum Gasteiger partial charge on any atom is -0.430 e. The molecular formula is C19H18BrNO5. The highest BCUT2D eigenvalue weighted by molar-refractivity contribution is 9.10. The number of para-hydroxylation sites is 1. The van der Waals surface area contributed by atoms with Crippen LogP contribution in [0.25, 0.3) is 0 Å². The lowest BCUT2D eigenvalue weighted by atomic mass is 10.1. The normalized spacial score (nSPS) is 19.9. The molecule has 0 amide bonds. The van der Waals surface area contributed by atoms with Crippen molar-refractivity contribution < 1.29 is 18.8 Å². The van der Waals surface area contributed by atoms with Crippen molar-refractivity contribution in [3.8, 4) is 0 Å². The zero-order valence-electron chi connectivity index (χ0n) is 14.3. The molecular weight excluding hydrogens is 402 g/mol. The Morgan fingerprint density at radius 2 is 2.08 bits per heavy atom. The Labute approximate surface area is 159 Å². The fourth-order valence-electron chi connectivity index (χ4n) is 2.73. The van der Waals surface area contributed by atoms with E-state index in [2.05, 4.69) is 15.9 Å². The van der Waals surface area contributed by atoms with Gasteiger partial charge in [0, 0.05) is 12.5 Å². The summed E-state index contributed by atoms with van der Waals surface area (Å²) in [4.78, 5) is 29.6. The van der Waals surface area contributed by atoms with Crippen molar-refractivity contribution in [3.05, 3.63) is 74.8 Å². The van der Waals surface area contributed by atoms with Gasteiger partial charge in [-0.2, -0.15) is 0 Å². The van der Waals surface area contributed by atoms with E-state index in [-0.39, 0.29) is 0 Å². The number of carbonyl (C=O) groups is 1. The molecule has 1 aliphatic heterocycles. The van der Waals surface area contributed by atoms with Gasteiger partial charge in [-0.15, -0.1) is 0 Å². The van der Waals surface area contributed by atoms with E-state index < -0.39 is 23.9 Å². The Morgan fingerprint density at radius 3 is 2.73 bits per heavy atom. The van der Waals surface area contributed by atoms with Crippen LogP contribution in [0.2, 0.25) is 0 Å². The summed E-state index contributed by atoms with van der Waals surface area (Å²) in [6, 6.07) is 10.8. The molecule has 0 aliphatic carbocycles. The smallest absolute Gasteiger partial charge is 0.350 e. The van der Waals surface area contributed by atoms with Gasteiger partial charge in [-0.25, -0.2) is 19.5 Å². The molecule has 0 bridgehead atoms. The van der Waals surface area contributed by atoms with Gasteiger partial charge in [-0.05, 0) is 53.5 Å². The summed E-state index contributed by atoms with van der Waals surface area (Å²) >= 11 is 3.22. The van der Waals surface area contributed by atoms with Gasteiger partial charge in [0.2, 0.25) is 6.29 Å². The average Bonchev–Trinajstić information content (AvgIpc) is 3.04. The van der Waals surface area contributed by atoms with Crippen LogP contribution in [0.3, 0.4) is 0 Å². The molecule has 1 saturated heterocycles. The number of esters is 1. The maximum absolute atomic E-state index is 12.0. The van der Waals surface area contributed by atoms with Gasteiger partial charge in [0.15, 0.2) is 0 Å². The van der Waals surface area contributed by atoms with Crippen molar-refractivity contribution in [3.63, 3.8) is 0 Å². The van der Waals surface area contributed by atoms with E-state index in [4.69, 9.17) is 14.0 Å². The maximum atomic E-state index is 12.0. The number of benzene rings is 1. The molecule has 3 rings (SSSR count). The molecule has 1 fully saturated rings. The fourth-order valence-corrected chi connectivity index (χ4v) is 2.92. The largest absolute Gasteiger partial charge is 0.430 e. The van der Waals surface area contributed by atoms with Gasteiger partial charge in [0.25, 0.3) is 0 Å². The summed E-state index contributed by atoms with van der Waals surface area (Å²) in [5.74, 6) is -0.0382. The van der Waals surface area contributed by atoms with Crippen molar-refractivity contribution in [2.24, 2.45) is 0 Å². The minimum atomic E-state index is -0.779. The number of carbonyl (C=O) groups excluding carboxylic acids is 1. The van der Waals surface area contributed by atoms with Crippen LogP contribution in [0.4, 0.5) is 5.69 Å². The van der Waals surface area contributed by atoms with Crippen LogP contribution in [-0.2, 0) is 14.4 Å². The van der Waals surface area contributed by atoms with E-state index in [9.17, 15) is 9.59 Å². The first-order valence-corrected chi connectivity index (χ1v) is 8.93. The summed E-state index contributed by atoms with van der Waals surface area (Å²) in [5.41, 5.74) is 1.08. The molecule has 1 aliphatic rings. The van der Waals surface area contributed by atoms with Crippen LogP contribution < -0.4 is 10.7 Å². The molecule has 0 radical (unpaired) electrons. The molecule has 2 atom stereocenters. The van der Waals surface area contributed by atoms with Crippen molar-refractivity contribution >= 4 is 27.6 Å². The van der Waals surface area contributed by atoms with E-state index in [0.717, 1.165) is 11.3 Å². The highest BCUT2D eigenvalue weighted by atomic mass is 79.9. The number of nitrogens with zero attached hydrogens (tertiary/aromatic N) is 1. The number of hydrogen-bond acceptors (Lipinski definition) is 6. The molecule has 1 aromatic heterocycles. The number of ether oxygens (including phenoxy) is 1. The lowest BCUT2D eigenvalue weighted by molar-refractivity contribution is -0.165. The zero-order chi connectivity index (χ0) is 18.7. The lowest BCUT2D eigenvalue weighted by Crippen LogP contribution is -2.24. The van der Waals surface area contributed by atoms with E-state index in [1.54, 1.807) is 24.1 Å². The second kappa shape index (κ2) is 7.88. The second-order valence-electron chi connectivity index (χ2n) is 5.82. The van der Waals surface area contributed by atoms with Gasteiger partial charge in [-0.1, -0.05) is 24.3 Å². The predicted molar refractivity (Wildman–Crippen MR) is 99.5 cm³/mol.